The number of rotatable bonds is 7. The molecule has 2 aromatic carbocycles. The van der Waals surface area contributed by atoms with E-state index in [-0.39, 0.29) is 12.8 Å². The first-order valence-electron chi connectivity index (χ1n) is 9.35. The van der Waals surface area contributed by atoms with Crippen LogP contribution in [0.25, 0.3) is 0 Å². The van der Waals surface area contributed by atoms with Gasteiger partial charge in [0.05, 0.1) is 32.7 Å². The van der Waals surface area contributed by atoms with Gasteiger partial charge in [0, 0.05) is 12.6 Å². The molecule has 0 aliphatic carbocycles. The number of hydrogen-bond acceptors (Lipinski definition) is 6. The van der Waals surface area contributed by atoms with E-state index >= 15 is 0 Å². The number of nitrogens with zero attached hydrogens (tertiary/aromatic N) is 1. The molecule has 0 saturated carbocycles. The van der Waals surface area contributed by atoms with Crippen molar-refractivity contribution < 1.29 is 28.2 Å². The third-order valence-corrected chi connectivity index (χ3v) is 4.67. The molecule has 2 amide bonds. The van der Waals surface area contributed by atoms with Gasteiger partial charge >= 0.3 is 6.03 Å². The standard InChI is InChI=1S/C22H22N2O6/c1-26-16-6-7-18(20(11-16)27-2)23-22(25)24(13-17-4-3-9-28-17)12-15-5-8-19-21(10-15)30-14-29-19/h3-11H,12-14H2,1-2H3,(H,23,25). The minimum absolute atomic E-state index is 0.201. The summed E-state index contributed by atoms with van der Waals surface area (Å²) in [5, 5.41) is 2.91. The first kappa shape index (κ1) is 19.5. The lowest BCUT2D eigenvalue weighted by Gasteiger charge is -2.23. The Hall–Kier alpha value is -3.81. The maximum Gasteiger partial charge on any atom is 0.322 e. The number of hydrogen-bond donors (Lipinski definition) is 1. The highest BCUT2D eigenvalue weighted by Gasteiger charge is 2.20. The highest BCUT2D eigenvalue weighted by Crippen LogP contribution is 2.33. The van der Waals surface area contributed by atoms with Crippen LogP contribution in [0.5, 0.6) is 23.0 Å². The quantitative estimate of drug-likeness (QED) is 0.627. The normalized spacial score (nSPS) is 11.8. The third-order valence-electron chi connectivity index (χ3n) is 4.67. The smallest absolute Gasteiger partial charge is 0.322 e. The molecule has 30 heavy (non-hydrogen) atoms. The lowest BCUT2D eigenvalue weighted by molar-refractivity contribution is 0.174. The Balaban J connectivity index is 1.55. The molecule has 0 fully saturated rings. The molecule has 8 nitrogen and oxygen atoms in total. The Morgan fingerprint density at radius 2 is 1.90 bits per heavy atom. The number of ether oxygens (including phenoxy) is 4. The van der Waals surface area contributed by atoms with Crippen LogP contribution in [0.1, 0.15) is 11.3 Å². The highest BCUT2D eigenvalue weighted by molar-refractivity contribution is 5.91. The minimum Gasteiger partial charge on any atom is -0.497 e. The highest BCUT2D eigenvalue weighted by atomic mass is 16.7. The number of amides is 2. The summed E-state index contributed by atoms with van der Waals surface area (Å²) in [4.78, 5) is 14.8. The van der Waals surface area contributed by atoms with Crippen molar-refractivity contribution in [3.63, 3.8) is 0 Å². The fourth-order valence-corrected chi connectivity index (χ4v) is 3.15. The summed E-state index contributed by atoms with van der Waals surface area (Å²) in [5.41, 5.74) is 1.45. The number of benzene rings is 2. The monoisotopic (exact) mass is 410 g/mol. The fraction of sp³-hybridized carbons (Fsp3) is 0.227. The SMILES string of the molecule is COc1ccc(NC(=O)N(Cc2ccc3c(c2)OCO3)Cc2ccco2)c(OC)c1. The van der Waals surface area contributed by atoms with Crippen molar-refractivity contribution in [2.24, 2.45) is 0 Å². The summed E-state index contributed by atoms with van der Waals surface area (Å²) in [6, 6.07) is 14.1. The van der Waals surface area contributed by atoms with Crippen LogP contribution in [-0.4, -0.2) is 31.9 Å². The molecule has 1 aliphatic heterocycles. The van der Waals surface area contributed by atoms with Crippen LogP contribution in [0.15, 0.2) is 59.2 Å². The molecule has 1 aliphatic rings. The molecule has 0 spiro atoms. The van der Waals surface area contributed by atoms with Crippen molar-refractivity contribution in [2.75, 3.05) is 26.3 Å². The van der Waals surface area contributed by atoms with Crippen LogP contribution in [0, 0.1) is 0 Å². The van der Waals surface area contributed by atoms with Crippen molar-refractivity contribution in [3.05, 3.63) is 66.1 Å². The molecule has 3 aromatic rings. The van der Waals surface area contributed by atoms with Gasteiger partial charge in [-0.15, -0.1) is 0 Å². The lowest BCUT2D eigenvalue weighted by atomic mass is 10.2. The van der Waals surface area contributed by atoms with Gasteiger partial charge in [0.15, 0.2) is 11.5 Å². The number of nitrogens with one attached hydrogen (secondary N) is 1. The Labute approximate surface area is 173 Å². The molecule has 0 saturated heterocycles. The van der Waals surface area contributed by atoms with Crippen molar-refractivity contribution in [1.82, 2.24) is 4.90 Å². The van der Waals surface area contributed by atoms with Gasteiger partial charge in [0.1, 0.15) is 17.3 Å². The van der Waals surface area contributed by atoms with E-state index in [0.717, 1.165) is 5.56 Å². The second-order valence-corrected chi connectivity index (χ2v) is 6.62. The number of furan rings is 1. The molecule has 2 heterocycles. The molecule has 0 unspecified atom stereocenters. The molecule has 1 aromatic heterocycles. The molecule has 4 rings (SSSR count). The van der Waals surface area contributed by atoms with Gasteiger partial charge in [-0.25, -0.2) is 4.79 Å². The van der Waals surface area contributed by atoms with E-state index in [1.54, 1.807) is 42.5 Å². The zero-order valence-electron chi connectivity index (χ0n) is 16.7. The first-order valence-corrected chi connectivity index (χ1v) is 9.35. The number of carbonyl (C=O) groups is 1. The maximum atomic E-state index is 13.1. The Bertz CT molecular complexity index is 1020. The second kappa shape index (κ2) is 8.69. The molecule has 8 heteroatoms. The van der Waals surface area contributed by atoms with Crippen LogP contribution in [0.2, 0.25) is 0 Å². The summed E-state index contributed by atoms with van der Waals surface area (Å²) >= 11 is 0. The van der Waals surface area contributed by atoms with Crippen molar-refractivity contribution in [2.45, 2.75) is 13.1 Å². The molecule has 0 atom stereocenters. The number of carbonyl (C=O) groups excluding carboxylic acids is 1. The van der Waals surface area contributed by atoms with Crippen LogP contribution >= 0.6 is 0 Å². The van der Waals surface area contributed by atoms with E-state index in [4.69, 9.17) is 23.4 Å². The summed E-state index contributed by atoms with van der Waals surface area (Å²) in [6.07, 6.45) is 1.58. The molecular formula is C22H22N2O6. The van der Waals surface area contributed by atoms with Gasteiger partial charge < -0.3 is 33.6 Å². The Morgan fingerprint density at radius 1 is 1.03 bits per heavy atom. The van der Waals surface area contributed by atoms with Crippen LogP contribution in [0.4, 0.5) is 10.5 Å². The molecule has 0 bridgehead atoms. The molecule has 0 radical (unpaired) electrons. The van der Waals surface area contributed by atoms with Crippen LogP contribution < -0.4 is 24.3 Å². The van der Waals surface area contributed by atoms with Crippen LogP contribution in [0.3, 0.4) is 0 Å². The summed E-state index contributed by atoms with van der Waals surface area (Å²) in [5.74, 6) is 3.18. The van der Waals surface area contributed by atoms with Gasteiger partial charge in [-0.1, -0.05) is 6.07 Å². The predicted molar refractivity (Wildman–Crippen MR) is 109 cm³/mol. The zero-order valence-corrected chi connectivity index (χ0v) is 16.7. The van der Waals surface area contributed by atoms with Crippen molar-refractivity contribution in [3.8, 4) is 23.0 Å². The Morgan fingerprint density at radius 3 is 2.67 bits per heavy atom. The van der Waals surface area contributed by atoms with Gasteiger partial charge in [0.25, 0.3) is 0 Å². The second-order valence-electron chi connectivity index (χ2n) is 6.62. The van der Waals surface area contributed by atoms with E-state index in [0.29, 0.717) is 47.5 Å². The first-order chi connectivity index (χ1) is 14.7. The van der Waals surface area contributed by atoms with E-state index in [9.17, 15) is 4.79 Å². The van der Waals surface area contributed by atoms with E-state index in [1.807, 2.05) is 24.3 Å². The average molecular weight is 410 g/mol. The van der Waals surface area contributed by atoms with Gasteiger partial charge in [-0.05, 0) is 42.0 Å². The lowest BCUT2D eigenvalue weighted by Crippen LogP contribution is -2.34. The van der Waals surface area contributed by atoms with Gasteiger partial charge in [0.2, 0.25) is 6.79 Å². The summed E-state index contributed by atoms with van der Waals surface area (Å²) in [6.45, 7) is 0.847. The summed E-state index contributed by atoms with van der Waals surface area (Å²) < 4.78 is 26.8. The number of urea groups is 1. The van der Waals surface area contributed by atoms with Gasteiger partial charge in [-0.2, -0.15) is 0 Å². The Kier molecular flexibility index (Phi) is 5.65. The van der Waals surface area contributed by atoms with Gasteiger partial charge in [-0.3, -0.25) is 0 Å². The summed E-state index contributed by atoms with van der Waals surface area (Å²) in [7, 11) is 3.11. The largest absolute Gasteiger partial charge is 0.497 e. The topological polar surface area (TPSA) is 82.4 Å². The fourth-order valence-electron chi connectivity index (χ4n) is 3.15. The maximum absolute atomic E-state index is 13.1. The van der Waals surface area contributed by atoms with E-state index in [2.05, 4.69) is 5.32 Å². The molecule has 1 N–H and O–H groups in total. The van der Waals surface area contributed by atoms with E-state index < -0.39 is 0 Å². The third kappa shape index (κ3) is 4.27. The minimum atomic E-state index is -0.299. The van der Waals surface area contributed by atoms with E-state index in [1.165, 1.54) is 7.11 Å². The zero-order chi connectivity index (χ0) is 20.9. The number of fused-ring (bicyclic) bond motifs is 1. The van der Waals surface area contributed by atoms with Crippen molar-refractivity contribution in [1.29, 1.82) is 0 Å². The molecular weight excluding hydrogens is 388 g/mol. The van der Waals surface area contributed by atoms with Crippen LogP contribution in [-0.2, 0) is 13.1 Å². The molecule has 156 valence electrons. The average Bonchev–Trinajstić information content (AvgIpc) is 3.45. The predicted octanol–water partition coefficient (Wildman–Crippen LogP) is 4.26. The number of methoxy groups -OCH3 is 2. The van der Waals surface area contributed by atoms with Crippen molar-refractivity contribution >= 4 is 11.7 Å². The number of anilines is 1.